The highest BCUT2D eigenvalue weighted by Gasteiger charge is 2.14. The van der Waals surface area contributed by atoms with E-state index in [1.165, 1.54) is 12.1 Å². The van der Waals surface area contributed by atoms with Crippen LogP contribution in [0.3, 0.4) is 0 Å². The first-order valence-corrected chi connectivity index (χ1v) is 9.46. The summed E-state index contributed by atoms with van der Waals surface area (Å²) in [7, 11) is 0. The van der Waals surface area contributed by atoms with Crippen molar-refractivity contribution >= 4 is 41.5 Å². The van der Waals surface area contributed by atoms with Crippen molar-refractivity contribution in [2.45, 2.75) is 26.3 Å². The van der Waals surface area contributed by atoms with Gasteiger partial charge >= 0.3 is 0 Å². The lowest BCUT2D eigenvalue weighted by atomic mass is 10.0. The minimum atomic E-state index is -0.260. The van der Waals surface area contributed by atoms with Crippen LogP contribution in [0, 0.1) is 5.82 Å². The van der Waals surface area contributed by atoms with Gasteiger partial charge < -0.3 is 20.7 Å². The molecule has 0 unspecified atom stereocenters. The first kappa shape index (κ1) is 22.9. The third-order valence-corrected chi connectivity index (χ3v) is 4.29. The summed E-state index contributed by atoms with van der Waals surface area (Å²) in [5.74, 6) is 1.23. The Kier molecular flexibility index (Phi) is 9.17. The highest BCUT2D eigenvalue weighted by atomic mass is 127. The number of hydrogen-bond donors (Lipinski definition) is 3. The first-order chi connectivity index (χ1) is 13.6. The van der Waals surface area contributed by atoms with Gasteiger partial charge in [0, 0.05) is 18.7 Å². The normalized spacial score (nSPS) is 13.0. The minimum absolute atomic E-state index is 0. The molecule has 0 atom stereocenters. The van der Waals surface area contributed by atoms with E-state index in [0.717, 1.165) is 35.5 Å². The van der Waals surface area contributed by atoms with Crippen LogP contribution >= 0.6 is 24.0 Å². The standard InChI is InChI=1S/C21H25FN4O2.HI/c1-2-23-21(25-14-15-4-3-5-17(22)12-15)24-10-11-28-18-7-8-19-16(13-18)6-9-20(27)26-19;/h3-5,7-8,12-13H,2,6,9-11,14H2,1H3,(H,26,27)(H2,23,24,25);1H. The van der Waals surface area contributed by atoms with Gasteiger partial charge in [0.2, 0.25) is 5.91 Å². The van der Waals surface area contributed by atoms with E-state index in [-0.39, 0.29) is 35.7 Å². The zero-order valence-electron chi connectivity index (χ0n) is 16.3. The fraction of sp³-hybridized carbons (Fsp3) is 0.333. The van der Waals surface area contributed by atoms with Crippen molar-refractivity contribution in [3.63, 3.8) is 0 Å². The summed E-state index contributed by atoms with van der Waals surface area (Å²) >= 11 is 0. The minimum Gasteiger partial charge on any atom is -0.492 e. The fourth-order valence-corrected chi connectivity index (χ4v) is 2.94. The Bertz CT molecular complexity index is 860. The van der Waals surface area contributed by atoms with E-state index in [0.29, 0.717) is 32.1 Å². The molecule has 0 radical (unpaired) electrons. The van der Waals surface area contributed by atoms with Gasteiger partial charge in [-0.25, -0.2) is 9.38 Å². The Balaban J connectivity index is 0.00000300. The molecule has 0 spiro atoms. The molecule has 1 amide bonds. The average molecular weight is 512 g/mol. The number of nitrogens with zero attached hydrogens (tertiary/aromatic N) is 1. The number of hydrogen-bond acceptors (Lipinski definition) is 3. The molecule has 156 valence electrons. The van der Waals surface area contributed by atoms with Gasteiger partial charge in [0.15, 0.2) is 5.96 Å². The molecule has 2 aromatic rings. The lowest BCUT2D eigenvalue weighted by molar-refractivity contribution is -0.116. The van der Waals surface area contributed by atoms with Crippen LogP contribution in [-0.4, -0.2) is 31.6 Å². The maximum Gasteiger partial charge on any atom is 0.224 e. The number of rotatable bonds is 7. The molecular formula is C21H26FIN4O2. The second-order valence-corrected chi connectivity index (χ2v) is 6.47. The second-order valence-electron chi connectivity index (χ2n) is 6.47. The Morgan fingerprint density at radius 1 is 1.21 bits per heavy atom. The summed E-state index contributed by atoms with van der Waals surface area (Å²) in [6, 6.07) is 12.1. The van der Waals surface area contributed by atoms with Crippen molar-refractivity contribution in [1.82, 2.24) is 10.6 Å². The highest BCUT2D eigenvalue weighted by Crippen LogP contribution is 2.26. The first-order valence-electron chi connectivity index (χ1n) is 9.46. The number of halogens is 2. The van der Waals surface area contributed by atoms with Crippen LogP contribution in [-0.2, 0) is 17.8 Å². The second kappa shape index (κ2) is 11.6. The van der Waals surface area contributed by atoms with Gasteiger partial charge in [0.25, 0.3) is 0 Å². The number of amides is 1. The molecule has 6 nitrogen and oxygen atoms in total. The highest BCUT2D eigenvalue weighted by molar-refractivity contribution is 14.0. The van der Waals surface area contributed by atoms with Crippen molar-refractivity contribution < 1.29 is 13.9 Å². The SMILES string of the molecule is CCNC(=NCc1cccc(F)c1)NCCOc1ccc2c(c1)CCC(=O)N2.I. The summed E-state index contributed by atoms with van der Waals surface area (Å²) in [6.45, 7) is 4.15. The summed E-state index contributed by atoms with van der Waals surface area (Å²) < 4.78 is 19.1. The predicted molar refractivity (Wildman–Crippen MR) is 124 cm³/mol. The Morgan fingerprint density at radius 3 is 2.86 bits per heavy atom. The summed E-state index contributed by atoms with van der Waals surface area (Å²) in [4.78, 5) is 15.9. The molecule has 0 saturated heterocycles. The maximum absolute atomic E-state index is 13.3. The van der Waals surface area contributed by atoms with Gasteiger partial charge in [-0.3, -0.25) is 4.79 Å². The molecule has 0 aliphatic carbocycles. The molecule has 3 N–H and O–H groups in total. The van der Waals surface area contributed by atoms with Gasteiger partial charge in [-0.1, -0.05) is 12.1 Å². The molecular weight excluding hydrogens is 486 g/mol. The third kappa shape index (κ3) is 7.19. The van der Waals surface area contributed by atoms with E-state index < -0.39 is 0 Å². The molecule has 2 aromatic carbocycles. The molecule has 1 aliphatic rings. The van der Waals surface area contributed by atoms with Gasteiger partial charge in [-0.15, -0.1) is 24.0 Å². The van der Waals surface area contributed by atoms with Crippen molar-refractivity contribution in [1.29, 1.82) is 0 Å². The Hall–Kier alpha value is -2.36. The van der Waals surface area contributed by atoms with Crippen LogP contribution in [0.15, 0.2) is 47.5 Å². The molecule has 1 aliphatic heterocycles. The van der Waals surface area contributed by atoms with E-state index in [9.17, 15) is 9.18 Å². The Labute approximate surface area is 187 Å². The van der Waals surface area contributed by atoms with Crippen LogP contribution < -0.4 is 20.7 Å². The smallest absolute Gasteiger partial charge is 0.224 e. The number of benzene rings is 2. The Morgan fingerprint density at radius 2 is 2.07 bits per heavy atom. The number of fused-ring (bicyclic) bond motifs is 1. The van der Waals surface area contributed by atoms with Crippen LogP contribution in [0.1, 0.15) is 24.5 Å². The lowest BCUT2D eigenvalue weighted by Gasteiger charge is -2.18. The summed E-state index contributed by atoms with van der Waals surface area (Å²) in [5, 5.41) is 9.23. The van der Waals surface area contributed by atoms with Crippen LogP contribution in [0.2, 0.25) is 0 Å². The van der Waals surface area contributed by atoms with Crippen LogP contribution in [0.4, 0.5) is 10.1 Å². The number of anilines is 1. The largest absolute Gasteiger partial charge is 0.492 e. The quantitative estimate of drug-likeness (QED) is 0.230. The van der Waals surface area contributed by atoms with Gasteiger partial charge in [0.1, 0.15) is 18.2 Å². The molecule has 0 bridgehead atoms. The maximum atomic E-state index is 13.3. The van der Waals surface area contributed by atoms with E-state index in [2.05, 4.69) is 20.9 Å². The monoisotopic (exact) mass is 512 g/mol. The number of carbonyl (C=O) groups excluding carboxylic acids is 1. The zero-order valence-corrected chi connectivity index (χ0v) is 18.7. The van der Waals surface area contributed by atoms with E-state index in [4.69, 9.17) is 4.74 Å². The molecule has 0 aromatic heterocycles. The number of aliphatic imine (C=N–C) groups is 1. The van der Waals surface area contributed by atoms with Crippen LogP contribution in [0.5, 0.6) is 5.75 Å². The molecule has 0 fully saturated rings. The van der Waals surface area contributed by atoms with E-state index >= 15 is 0 Å². The number of ether oxygens (including phenoxy) is 1. The summed E-state index contributed by atoms with van der Waals surface area (Å²) in [6.07, 6.45) is 1.24. The fourth-order valence-electron chi connectivity index (χ4n) is 2.94. The van der Waals surface area contributed by atoms with Gasteiger partial charge in [0.05, 0.1) is 13.1 Å². The van der Waals surface area contributed by atoms with Crippen molar-refractivity contribution in [3.05, 3.63) is 59.4 Å². The van der Waals surface area contributed by atoms with Gasteiger partial charge in [-0.2, -0.15) is 0 Å². The number of nitrogens with one attached hydrogen (secondary N) is 3. The van der Waals surface area contributed by atoms with Crippen molar-refractivity contribution in [2.75, 3.05) is 25.0 Å². The molecule has 1 heterocycles. The number of guanidine groups is 1. The van der Waals surface area contributed by atoms with Gasteiger partial charge in [-0.05, 0) is 54.8 Å². The third-order valence-electron chi connectivity index (χ3n) is 4.29. The molecule has 3 rings (SSSR count). The lowest BCUT2D eigenvalue weighted by Crippen LogP contribution is -2.39. The molecule has 29 heavy (non-hydrogen) atoms. The summed E-state index contributed by atoms with van der Waals surface area (Å²) in [5.41, 5.74) is 2.77. The van der Waals surface area contributed by atoms with Crippen LogP contribution in [0.25, 0.3) is 0 Å². The topological polar surface area (TPSA) is 74.8 Å². The average Bonchev–Trinajstić information content (AvgIpc) is 2.69. The number of carbonyl (C=O) groups is 1. The van der Waals surface area contributed by atoms with E-state index in [1.54, 1.807) is 6.07 Å². The van der Waals surface area contributed by atoms with Crippen molar-refractivity contribution in [2.24, 2.45) is 4.99 Å². The predicted octanol–water partition coefficient (Wildman–Crippen LogP) is 3.46. The molecule has 0 saturated carbocycles. The number of aryl methyl sites for hydroxylation is 1. The zero-order chi connectivity index (χ0) is 19.8. The van der Waals surface area contributed by atoms with Crippen molar-refractivity contribution in [3.8, 4) is 5.75 Å². The molecule has 8 heteroatoms. The van der Waals surface area contributed by atoms with E-state index in [1.807, 2.05) is 31.2 Å².